The van der Waals surface area contributed by atoms with E-state index in [-0.39, 0.29) is 6.10 Å². The molecule has 0 amide bonds. The van der Waals surface area contributed by atoms with Crippen LogP contribution in [0.1, 0.15) is 33.6 Å². The van der Waals surface area contributed by atoms with Crippen LogP contribution in [0.3, 0.4) is 0 Å². The van der Waals surface area contributed by atoms with Crippen molar-refractivity contribution in [1.82, 2.24) is 4.90 Å². The first-order valence-electron chi connectivity index (χ1n) is 5.55. The summed E-state index contributed by atoms with van der Waals surface area (Å²) in [5.74, 6) is 0.729. The zero-order valence-electron chi connectivity index (χ0n) is 10.0. The molecule has 0 spiro atoms. The maximum Gasteiger partial charge on any atom is 0.0674 e. The van der Waals surface area contributed by atoms with Crippen LogP contribution in [0, 0.1) is 5.92 Å². The number of rotatable bonds is 7. The molecule has 2 unspecified atom stereocenters. The first-order valence-corrected chi connectivity index (χ1v) is 5.55. The third-order valence-electron chi connectivity index (χ3n) is 2.65. The standard InChI is InChI=1S/C11H26N2O/c1-9(2)7-10(3)13(4)6-5-11(14)8-12/h9-11,14H,5-8,12H2,1-4H3. The third-order valence-corrected chi connectivity index (χ3v) is 2.65. The van der Waals surface area contributed by atoms with Crippen LogP contribution in [0.5, 0.6) is 0 Å². The van der Waals surface area contributed by atoms with Crippen molar-refractivity contribution in [3.05, 3.63) is 0 Å². The zero-order chi connectivity index (χ0) is 11.1. The lowest BCUT2D eigenvalue weighted by molar-refractivity contribution is 0.139. The van der Waals surface area contributed by atoms with Crippen LogP contribution in [-0.4, -0.2) is 42.3 Å². The van der Waals surface area contributed by atoms with Gasteiger partial charge in [-0.25, -0.2) is 0 Å². The van der Waals surface area contributed by atoms with Crippen molar-refractivity contribution < 1.29 is 5.11 Å². The number of hydrogen-bond donors (Lipinski definition) is 2. The van der Waals surface area contributed by atoms with E-state index in [4.69, 9.17) is 5.73 Å². The summed E-state index contributed by atoms with van der Waals surface area (Å²) in [4.78, 5) is 2.29. The summed E-state index contributed by atoms with van der Waals surface area (Å²) in [6.07, 6.45) is 1.63. The topological polar surface area (TPSA) is 49.5 Å². The monoisotopic (exact) mass is 202 g/mol. The van der Waals surface area contributed by atoms with Crippen molar-refractivity contribution >= 4 is 0 Å². The van der Waals surface area contributed by atoms with Crippen LogP contribution in [0.15, 0.2) is 0 Å². The van der Waals surface area contributed by atoms with Crippen molar-refractivity contribution in [3.63, 3.8) is 0 Å². The smallest absolute Gasteiger partial charge is 0.0674 e. The summed E-state index contributed by atoms with van der Waals surface area (Å²) in [5.41, 5.74) is 5.35. The highest BCUT2D eigenvalue weighted by Crippen LogP contribution is 2.09. The van der Waals surface area contributed by atoms with Crippen molar-refractivity contribution in [1.29, 1.82) is 0 Å². The van der Waals surface area contributed by atoms with Crippen LogP contribution in [0.4, 0.5) is 0 Å². The Morgan fingerprint density at radius 1 is 1.29 bits per heavy atom. The largest absolute Gasteiger partial charge is 0.392 e. The molecule has 0 aromatic heterocycles. The third kappa shape index (κ3) is 6.35. The molecule has 0 aliphatic carbocycles. The van der Waals surface area contributed by atoms with Gasteiger partial charge in [0.2, 0.25) is 0 Å². The molecule has 0 aromatic rings. The Bertz CT molecular complexity index is 139. The fourth-order valence-electron chi connectivity index (χ4n) is 1.55. The second-order valence-corrected chi connectivity index (χ2v) is 4.64. The number of hydrogen-bond acceptors (Lipinski definition) is 3. The Kier molecular flexibility index (Phi) is 7.15. The van der Waals surface area contributed by atoms with E-state index < -0.39 is 0 Å². The molecule has 0 saturated carbocycles. The van der Waals surface area contributed by atoms with Gasteiger partial charge < -0.3 is 15.7 Å². The van der Waals surface area contributed by atoms with Gasteiger partial charge in [0.1, 0.15) is 0 Å². The molecule has 0 bridgehead atoms. The van der Waals surface area contributed by atoms with E-state index >= 15 is 0 Å². The molecular weight excluding hydrogens is 176 g/mol. The first kappa shape index (κ1) is 13.9. The van der Waals surface area contributed by atoms with Gasteiger partial charge in [0.05, 0.1) is 6.10 Å². The molecule has 0 aliphatic heterocycles. The highest BCUT2D eigenvalue weighted by molar-refractivity contribution is 4.67. The lowest BCUT2D eigenvalue weighted by Crippen LogP contribution is -2.34. The molecule has 0 aromatic carbocycles. The predicted octanol–water partition coefficient (Wildman–Crippen LogP) is 1.06. The van der Waals surface area contributed by atoms with E-state index in [0.29, 0.717) is 12.6 Å². The molecule has 3 heteroatoms. The highest BCUT2D eigenvalue weighted by Gasteiger charge is 2.11. The van der Waals surface area contributed by atoms with Gasteiger partial charge in [0.25, 0.3) is 0 Å². The highest BCUT2D eigenvalue weighted by atomic mass is 16.3. The lowest BCUT2D eigenvalue weighted by atomic mass is 10.0. The molecule has 0 aliphatic rings. The van der Waals surface area contributed by atoms with Gasteiger partial charge in [-0.05, 0) is 32.7 Å². The van der Waals surface area contributed by atoms with Gasteiger partial charge in [-0.1, -0.05) is 13.8 Å². The van der Waals surface area contributed by atoms with Crippen molar-refractivity contribution in [2.75, 3.05) is 20.1 Å². The summed E-state index contributed by atoms with van der Waals surface area (Å²) in [7, 11) is 2.11. The number of aliphatic hydroxyl groups is 1. The second kappa shape index (κ2) is 7.21. The minimum Gasteiger partial charge on any atom is -0.392 e. The van der Waals surface area contributed by atoms with Crippen LogP contribution >= 0.6 is 0 Å². The van der Waals surface area contributed by atoms with E-state index in [1.165, 1.54) is 6.42 Å². The second-order valence-electron chi connectivity index (χ2n) is 4.64. The Balaban J connectivity index is 3.66. The van der Waals surface area contributed by atoms with Gasteiger partial charge in [-0.2, -0.15) is 0 Å². The molecule has 0 rings (SSSR count). The summed E-state index contributed by atoms with van der Waals surface area (Å²) < 4.78 is 0. The summed E-state index contributed by atoms with van der Waals surface area (Å²) in [6, 6.07) is 0.583. The molecule has 3 N–H and O–H groups in total. The summed E-state index contributed by atoms with van der Waals surface area (Å²) in [5, 5.41) is 9.32. The Morgan fingerprint density at radius 3 is 2.29 bits per heavy atom. The Morgan fingerprint density at radius 2 is 1.86 bits per heavy atom. The molecule has 2 atom stereocenters. The molecule has 86 valence electrons. The molecule has 0 radical (unpaired) electrons. The number of nitrogens with zero attached hydrogens (tertiary/aromatic N) is 1. The molecule has 0 fully saturated rings. The van der Waals surface area contributed by atoms with Gasteiger partial charge >= 0.3 is 0 Å². The normalized spacial score (nSPS) is 16.3. The van der Waals surface area contributed by atoms with Gasteiger partial charge in [-0.15, -0.1) is 0 Å². The van der Waals surface area contributed by atoms with Crippen LogP contribution in [-0.2, 0) is 0 Å². The van der Waals surface area contributed by atoms with E-state index in [0.717, 1.165) is 18.9 Å². The average molecular weight is 202 g/mol. The lowest BCUT2D eigenvalue weighted by Gasteiger charge is -2.26. The molecule has 3 nitrogen and oxygen atoms in total. The minimum absolute atomic E-state index is 0.344. The van der Waals surface area contributed by atoms with E-state index in [9.17, 15) is 5.11 Å². The fraction of sp³-hybridized carbons (Fsp3) is 1.00. The SMILES string of the molecule is CC(C)CC(C)N(C)CCC(O)CN. The zero-order valence-corrected chi connectivity index (χ0v) is 10.0. The average Bonchev–Trinajstić information content (AvgIpc) is 2.12. The maximum absolute atomic E-state index is 9.32. The van der Waals surface area contributed by atoms with Crippen molar-refractivity contribution in [2.24, 2.45) is 11.7 Å². The maximum atomic E-state index is 9.32. The van der Waals surface area contributed by atoms with E-state index in [2.05, 4.69) is 32.7 Å². The molecular formula is C11H26N2O. The number of nitrogens with two attached hydrogens (primary N) is 1. The van der Waals surface area contributed by atoms with Crippen molar-refractivity contribution in [3.8, 4) is 0 Å². The van der Waals surface area contributed by atoms with E-state index in [1.54, 1.807) is 0 Å². The van der Waals surface area contributed by atoms with Crippen molar-refractivity contribution in [2.45, 2.75) is 45.8 Å². The van der Waals surface area contributed by atoms with Gasteiger partial charge in [-0.3, -0.25) is 0 Å². The van der Waals surface area contributed by atoms with Crippen LogP contribution in [0.25, 0.3) is 0 Å². The van der Waals surface area contributed by atoms with Crippen LogP contribution in [0.2, 0.25) is 0 Å². The number of aliphatic hydroxyl groups excluding tert-OH is 1. The van der Waals surface area contributed by atoms with Crippen LogP contribution < -0.4 is 5.73 Å². The Labute approximate surface area is 88.3 Å². The summed E-state index contributed by atoms with van der Waals surface area (Å²) in [6.45, 7) is 7.99. The molecule has 0 saturated heterocycles. The molecule has 0 heterocycles. The fourth-order valence-corrected chi connectivity index (χ4v) is 1.55. The van der Waals surface area contributed by atoms with Gasteiger partial charge in [0.15, 0.2) is 0 Å². The molecule has 14 heavy (non-hydrogen) atoms. The minimum atomic E-state index is -0.344. The van der Waals surface area contributed by atoms with Gasteiger partial charge in [0, 0.05) is 19.1 Å². The predicted molar refractivity (Wildman–Crippen MR) is 61.2 cm³/mol. The van der Waals surface area contributed by atoms with E-state index in [1.807, 2.05) is 0 Å². The summed E-state index contributed by atoms with van der Waals surface area (Å²) >= 11 is 0. The quantitative estimate of drug-likeness (QED) is 0.649. The Hall–Kier alpha value is -0.120. The first-order chi connectivity index (χ1) is 6.47.